The molecule has 0 unspecified atom stereocenters. The van der Waals surface area contributed by atoms with Crippen molar-refractivity contribution in [3.63, 3.8) is 0 Å². The van der Waals surface area contributed by atoms with Crippen molar-refractivity contribution in [2.24, 2.45) is 0 Å². The summed E-state index contributed by atoms with van der Waals surface area (Å²) in [5, 5.41) is 8.30. The van der Waals surface area contributed by atoms with Gasteiger partial charge < -0.3 is 14.2 Å². The number of hydrogen-bond acceptors (Lipinski definition) is 7. The standard InChI is InChI=1S/C24H24N6O3/c1-32-21-9-5-18(6-10-21)23-26-22(33-27-23)17-28-13-15-29(16-14-28)24(31)19-3-7-20(8-4-19)30-12-2-11-25-30/h2-12H,13-17H2,1H3. The summed E-state index contributed by atoms with van der Waals surface area (Å²) in [5.41, 5.74) is 2.48. The molecule has 9 nitrogen and oxygen atoms in total. The first-order chi connectivity index (χ1) is 16.2. The van der Waals surface area contributed by atoms with Crippen molar-refractivity contribution in [2.45, 2.75) is 6.54 Å². The fourth-order valence-corrected chi connectivity index (χ4v) is 3.84. The van der Waals surface area contributed by atoms with E-state index < -0.39 is 0 Å². The SMILES string of the molecule is COc1ccc(-c2noc(CN3CCN(C(=O)c4ccc(-n5cccn5)cc4)CC3)n2)cc1. The Kier molecular flexibility index (Phi) is 5.86. The highest BCUT2D eigenvalue weighted by atomic mass is 16.5. The quantitative estimate of drug-likeness (QED) is 0.452. The van der Waals surface area contributed by atoms with Crippen LogP contribution in [0.25, 0.3) is 17.1 Å². The maximum Gasteiger partial charge on any atom is 0.253 e. The van der Waals surface area contributed by atoms with Gasteiger partial charge in [-0.1, -0.05) is 5.16 Å². The molecule has 1 fully saturated rings. The van der Waals surface area contributed by atoms with Gasteiger partial charge in [0.2, 0.25) is 11.7 Å². The Hall–Kier alpha value is -3.98. The number of rotatable bonds is 6. The lowest BCUT2D eigenvalue weighted by Crippen LogP contribution is -2.48. The second-order valence-electron chi connectivity index (χ2n) is 7.81. The van der Waals surface area contributed by atoms with Crippen LogP contribution in [0.2, 0.25) is 0 Å². The molecule has 0 radical (unpaired) electrons. The monoisotopic (exact) mass is 444 g/mol. The minimum atomic E-state index is 0.0428. The van der Waals surface area contributed by atoms with Gasteiger partial charge in [0.15, 0.2) is 0 Å². The second-order valence-corrected chi connectivity index (χ2v) is 7.81. The van der Waals surface area contributed by atoms with Crippen LogP contribution in [0.3, 0.4) is 0 Å². The van der Waals surface area contributed by atoms with Crippen LogP contribution in [0.1, 0.15) is 16.2 Å². The summed E-state index contributed by atoms with van der Waals surface area (Å²) in [6.45, 7) is 3.36. The molecule has 0 saturated carbocycles. The Morgan fingerprint density at radius 1 is 1.03 bits per heavy atom. The first-order valence-corrected chi connectivity index (χ1v) is 10.8. The van der Waals surface area contributed by atoms with Crippen molar-refractivity contribution in [1.82, 2.24) is 29.7 Å². The van der Waals surface area contributed by atoms with Crippen molar-refractivity contribution in [3.8, 4) is 22.8 Å². The second kappa shape index (κ2) is 9.25. The topological polar surface area (TPSA) is 89.5 Å². The van der Waals surface area contributed by atoms with E-state index in [1.807, 2.05) is 65.7 Å². The number of ether oxygens (including phenoxy) is 1. The Balaban J connectivity index is 1.15. The predicted molar refractivity (Wildman–Crippen MR) is 121 cm³/mol. The number of benzene rings is 2. The largest absolute Gasteiger partial charge is 0.497 e. The van der Waals surface area contributed by atoms with E-state index in [-0.39, 0.29) is 5.91 Å². The van der Waals surface area contributed by atoms with Crippen LogP contribution in [-0.2, 0) is 6.54 Å². The molecule has 5 rings (SSSR count). The molecule has 2 aromatic heterocycles. The molecule has 3 heterocycles. The van der Waals surface area contributed by atoms with E-state index in [4.69, 9.17) is 9.26 Å². The summed E-state index contributed by atoms with van der Waals surface area (Å²) in [5.74, 6) is 1.94. The number of nitrogens with zero attached hydrogens (tertiary/aromatic N) is 6. The van der Waals surface area contributed by atoms with Crippen LogP contribution in [0.5, 0.6) is 5.75 Å². The van der Waals surface area contributed by atoms with E-state index in [1.54, 1.807) is 18.0 Å². The molecule has 0 spiro atoms. The number of carbonyl (C=O) groups excluding carboxylic acids is 1. The molecule has 33 heavy (non-hydrogen) atoms. The molecule has 0 bridgehead atoms. The number of methoxy groups -OCH3 is 1. The molecule has 1 aliphatic rings. The third kappa shape index (κ3) is 4.63. The molecule has 1 saturated heterocycles. The van der Waals surface area contributed by atoms with Gasteiger partial charge in [0.25, 0.3) is 5.91 Å². The molecule has 0 N–H and O–H groups in total. The Labute approximate surface area is 191 Å². The van der Waals surface area contributed by atoms with Gasteiger partial charge in [-0.3, -0.25) is 9.69 Å². The zero-order valence-corrected chi connectivity index (χ0v) is 18.3. The van der Waals surface area contributed by atoms with Gasteiger partial charge in [0.1, 0.15) is 5.75 Å². The van der Waals surface area contributed by atoms with Crippen molar-refractivity contribution in [2.75, 3.05) is 33.3 Å². The summed E-state index contributed by atoms with van der Waals surface area (Å²) < 4.78 is 12.4. The van der Waals surface area contributed by atoms with Gasteiger partial charge in [-0.05, 0) is 54.6 Å². The summed E-state index contributed by atoms with van der Waals surface area (Å²) >= 11 is 0. The first-order valence-electron chi connectivity index (χ1n) is 10.8. The van der Waals surface area contributed by atoms with Gasteiger partial charge in [-0.25, -0.2) is 4.68 Å². The fraction of sp³-hybridized carbons (Fsp3) is 0.250. The van der Waals surface area contributed by atoms with Gasteiger partial charge in [-0.15, -0.1) is 0 Å². The Morgan fingerprint density at radius 3 is 2.45 bits per heavy atom. The van der Waals surface area contributed by atoms with E-state index in [9.17, 15) is 4.79 Å². The van der Waals surface area contributed by atoms with Gasteiger partial charge >= 0.3 is 0 Å². The highest BCUT2D eigenvalue weighted by Crippen LogP contribution is 2.20. The fourth-order valence-electron chi connectivity index (χ4n) is 3.84. The molecule has 168 valence electrons. The van der Waals surface area contributed by atoms with Crippen LogP contribution < -0.4 is 4.74 Å². The van der Waals surface area contributed by atoms with E-state index >= 15 is 0 Å². The third-order valence-corrected chi connectivity index (χ3v) is 5.72. The highest BCUT2D eigenvalue weighted by Gasteiger charge is 2.23. The van der Waals surface area contributed by atoms with Crippen molar-refractivity contribution < 1.29 is 14.1 Å². The van der Waals surface area contributed by atoms with Crippen molar-refractivity contribution in [3.05, 3.63) is 78.4 Å². The number of hydrogen-bond donors (Lipinski definition) is 0. The minimum Gasteiger partial charge on any atom is -0.497 e. The normalized spacial score (nSPS) is 14.4. The lowest BCUT2D eigenvalue weighted by molar-refractivity contribution is 0.0615. The molecular formula is C24H24N6O3. The lowest BCUT2D eigenvalue weighted by Gasteiger charge is -2.34. The van der Waals surface area contributed by atoms with Gasteiger partial charge in [-0.2, -0.15) is 10.1 Å². The smallest absolute Gasteiger partial charge is 0.253 e. The Bertz CT molecular complexity index is 1190. The zero-order valence-electron chi connectivity index (χ0n) is 18.3. The van der Waals surface area contributed by atoms with E-state index in [0.29, 0.717) is 36.9 Å². The van der Waals surface area contributed by atoms with Crippen LogP contribution >= 0.6 is 0 Å². The Morgan fingerprint density at radius 2 is 1.79 bits per heavy atom. The lowest BCUT2D eigenvalue weighted by atomic mass is 10.1. The van der Waals surface area contributed by atoms with Gasteiger partial charge in [0, 0.05) is 49.7 Å². The van der Waals surface area contributed by atoms with E-state index in [0.717, 1.165) is 30.1 Å². The van der Waals surface area contributed by atoms with Crippen LogP contribution in [0.4, 0.5) is 0 Å². The van der Waals surface area contributed by atoms with Crippen molar-refractivity contribution >= 4 is 5.91 Å². The molecule has 1 amide bonds. The molecule has 0 atom stereocenters. The number of carbonyl (C=O) groups is 1. The van der Waals surface area contributed by atoms with Gasteiger partial charge in [0.05, 0.1) is 19.3 Å². The average Bonchev–Trinajstić information content (AvgIpc) is 3.57. The molecular weight excluding hydrogens is 420 g/mol. The molecule has 0 aliphatic carbocycles. The number of piperazine rings is 1. The molecule has 4 aromatic rings. The summed E-state index contributed by atoms with van der Waals surface area (Å²) in [6.07, 6.45) is 3.60. The number of aromatic nitrogens is 4. The van der Waals surface area contributed by atoms with Crippen LogP contribution in [0.15, 0.2) is 71.5 Å². The highest BCUT2D eigenvalue weighted by molar-refractivity contribution is 5.94. The average molecular weight is 444 g/mol. The summed E-state index contributed by atoms with van der Waals surface area (Å²) in [6, 6.07) is 16.9. The molecule has 2 aromatic carbocycles. The predicted octanol–water partition coefficient (Wildman–Crippen LogP) is 2.89. The maximum atomic E-state index is 12.9. The minimum absolute atomic E-state index is 0.0428. The zero-order chi connectivity index (χ0) is 22.6. The molecule has 1 aliphatic heterocycles. The van der Waals surface area contributed by atoms with Crippen LogP contribution in [0, 0.1) is 0 Å². The first kappa shape index (κ1) is 20.9. The summed E-state index contributed by atoms with van der Waals surface area (Å²) in [4.78, 5) is 21.5. The van der Waals surface area contributed by atoms with Crippen molar-refractivity contribution in [1.29, 1.82) is 0 Å². The van der Waals surface area contributed by atoms with E-state index in [2.05, 4.69) is 20.1 Å². The number of amides is 1. The maximum absolute atomic E-state index is 12.9. The van der Waals surface area contributed by atoms with Crippen LogP contribution in [-0.4, -0.2) is 68.9 Å². The third-order valence-electron chi connectivity index (χ3n) is 5.72. The van der Waals surface area contributed by atoms with E-state index in [1.165, 1.54) is 0 Å². The summed E-state index contributed by atoms with van der Waals surface area (Å²) in [7, 11) is 1.63. The molecule has 9 heteroatoms.